The molecule has 0 saturated carbocycles. The van der Waals surface area contributed by atoms with Crippen LogP contribution in [0.5, 0.6) is 0 Å². The van der Waals surface area contributed by atoms with Gasteiger partial charge in [-0.25, -0.2) is 0 Å². The second-order valence-electron chi connectivity index (χ2n) is 4.55. The van der Waals surface area contributed by atoms with Crippen molar-refractivity contribution in [1.82, 2.24) is 10.3 Å². The molecule has 0 aliphatic carbocycles. The molecule has 0 aliphatic heterocycles. The van der Waals surface area contributed by atoms with E-state index in [1.807, 2.05) is 37.3 Å². The van der Waals surface area contributed by atoms with Crippen LogP contribution in [0.15, 0.2) is 42.6 Å². The number of aromatic nitrogens is 1. The number of carbonyl (C=O) groups excluding carboxylic acids is 1. The van der Waals surface area contributed by atoms with Gasteiger partial charge in [-0.15, -0.1) is 0 Å². The standard InChI is InChI=1S/C14H15N3O3/c1-10(11-5-3-2-4-6-11)8-16-14(18)13-7-12(9-15-13)17(19)20/h2-7,9-10,15H,8H2,1H3,(H,16,18)/t10-/m1/s1. The van der Waals surface area contributed by atoms with Gasteiger partial charge >= 0.3 is 0 Å². The van der Waals surface area contributed by atoms with Crippen LogP contribution in [0.2, 0.25) is 0 Å². The molecule has 1 aromatic heterocycles. The van der Waals surface area contributed by atoms with Gasteiger partial charge in [0.2, 0.25) is 0 Å². The van der Waals surface area contributed by atoms with Crippen LogP contribution in [0.25, 0.3) is 0 Å². The number of amides is 1. The number of benzene rings is 1. The van der Waals surface area contributed by atoms with Gasteiger partial charge < -0.3 is 10.3 Å². The maximum Gasteiger partial charge on any atom is 0.287 e. The monoisotopic (exact) mass is 273 g/mol. The largest absolute Gasteiger partial charge is 0.351 e. The molecule has 1 amide bonds. The Hall–Kier alpha value is -2.63. The summed E-state index contributed by atoms with van der Waals surface area (Å²) >= 11 is 0. The van der Waals surface area contributed by atoms with E-state index in [1.165, 1.54) is 12.3 Å². The SMILES string of the molecule is C[C@H](CNC(=O)c1cc([N+](=O)[O-])c[nH]1)c1ccccc1. The van der Waals surface area contributed by atoms with Crippen molar-refractivity contribution in [2.75, 3.05) is 6.54 Å². The first-order valence-corrected chi connectivity index (χ1v) is 6.24. The Morgan fingerprint density at radius 3 is 2.70 bits per heavy atom. The molecule has 2 rings (SSSR count). The van der Waals surface area contributed by atoms with Crippen molar-refractivity contribution < 1.29 is 9.72 Å². The molecule has 0 saturated heterocycles. The van der Waals surface area contributed by atoms with Crippen LogP contribution in [-0.4, -0.2) is 22.4 Å². The van der Waals surface area contributed by atoms with Gasteiger partial charge in [-0.1, -0.05) is 37.3 Å². The molecule has 0 radical (unpaired) electrons. The number of hydrogen-bond acceptors (Lipinski definition) is 3. The zero-order valence-corrected chi connectivity index (χ0v) is 11.0. The highest BCUT2D eigenvalue weighted by Crippen LogP contribution is 2.14. The van der Waals surface area contributed by atoms with Crippen LogP contribution < -0.4 is 5.32 Å². The van der Waals surface area contributed by atoms with Crippen LogP contribution in [0.4, 0.5) is 5.69 Å². The molecule has 6 heteroatoms. The lowest BCUT2D eigenvalue weighted by Crippen LogP contribution is -2.27. The molecule has 0 bridgehead atoms. The molecule has 2 aromatic rings. The maximum atomic E-state index is 11.9. The van der Waals surface area contributed by atoms with Gasteiger partial charge in [-0.05, 0) is 11.5 Å². The lowest BCUT2D eigenvalue weighted by molar-refractivity contribution is -0.384. The number of hydrogen-bond donors (Lipinski definition) is 2. The van der Waals surface area contributed by atoms with Gasteiger partial charge in [-0.3, -0.25) is 14.9 Å². The van der Waals surface area contributed by atoms with Crippen LogP contribution in [-0.2, 0) is 0 Å². The Bertz CT molecular complexity index is 607. The van der Waals surface area contributed by atoms with E-state index in [-0.39, 0.29) is 23.2 Å². The van der Waals surface area contributed by atoms with E-state index in [1.54, 1.807) is 0 Å². The molecular weight excluding hydrogens is 258 g/mol. The summed E-state index contributed by atoms with van der Waals surface area (Å²) in [4.78, 5) is 24.4. The predicted octanol–water partition coefficient (Wildman–Crippen LogP) is 2.46. The number of rotatable bonds is 5. The second-order valence-corrected chi connectivity index (χ2v) is 4.55. The molecule has 0 aliphatic rings. The molecular formula is C14H15N3O3. The molecule has 1 heterocycles. The van der Waals surface area contributed by atoms with Crippen LogP contribution in [0.3, 0.4) is 0 Å². The zero-order chi connectivity index (χ0) is 14.5. The minimum Gasteiger partial charge on any atom is -0.351 e. The lowest BCUT2D eigenvalue weighted by Gasteiger charge is -2.12. The number of nitrogens with zero attached hydrogens (tertiary/aromatic N) is 1. The second kappa shape index (κ2) is 6.01. The minimum absolute atomic E-state index is 0.119. The van der Waals surface area contributed by atoms with Crippen molar-refractivity contribution in [3.8, 4) is 0 Å². The first-order valence-electron chi connectivity index (χ1n) is 6.24. The zero-order valence-electron chi connectivity index (χ0n) is 11.0. The van der Waals surface area contributed by atoms with E-state index in [0.29, 0.717) is 6.54 Å². The predicted molar refractivity (Wildman–Crippen MR) is 74.6 cm³/mol. The number of H-pyrrole nitrogens is 1. The number of carbonyl (C=O) groups is 1. The summed E-state index contributed by atoms with van der Waals surface area (Å²) in [5.74, 6) is -0.175. The fourth-order valence-electron chi connectivity index (χ4n) is 1.86. The highest BCUT2D eigenvalue weighted by atomic mass is 16.6. The molecule has 2 N–H and O–H groups in total. The topological polar surface area (TPSA) is 88.0 Å². The van der Waals surface area contributed by atoms with Crippen LogP contribution in [0.1, 0.15) is 28.9 Å². The van der Waals surface area contributed by atoms with Gasteiger partial charge in [0.1, 0.15) is 5.69 Å². The highest BCUT2D eigenvalue weighted by Gasteiger charge is 2.15. The highest BCUT2D eigenvalue weighted by molar-refractivity contribution is 5.93. The summed E-state index contributed by atoms with van der Waals surface area (Å²) in [7, 11) is 0. The van der Waals surface area contributed by atoms with E-state index in [9.17, 15) is 14.9 Å². The first-order chi connectivity index (χ1) is 9.58. The lowest BCUT2D eigenvalue weighted by atomic mass is 10.0. The fraction of sp³-hybridized carbons (Fsp3) is 0.214. The van der Waals surface area contributed by atoms with Crippen molar-refractivity contribution in [3.05, 3.63) is 64.0 Å². The molecule has 1 atom stereocenters. The van der Waals surface area contributed by atoms with Gasteiger partial charge in [0.15, 0.2) is 0 Å². The minimum atomic E-state index is -0.542. The van der Waals surface area contributed by atoms with E-state index >= 15 is 0 Å². The summed E-state index contributed by atoms with van der Waals surface area (Å²) < 4.78 is 0. The molecule has 20 heavy (non-hydrogen) atoms. The normalized spacial score (nSPS) is 11.8. The van der Waals surface area contributed by atoms with Gasteiger partial charge in [-0.2, -0.15) is 0 Å². The van der Waals surface area contributed by atoms with Gasteiger partial charge in [0.05, 0.1) is 11.1 Å². The fourth-order valence-corrected chi connectivity index (χ4v) is 1.86. The van der Waals surface area contributed by atoms with Crippen LogP contribution in [0, 0.1) is 10.1 Å². The summed E-state index contributed by atoms with van der Waals surface area (Å²) in [6.45, 7) is 2.47. The number of nitrogens with one attached hydrogen (secondary N) is 2. The maximum absolute atomic E-state index is 11.9. The van der Waals surface area contributed by atoms with E-state index < -0.39 is 4.92 Å². The quantitative estimate of drug-likeness (QED) is 0.648. The average Bonchev–Trinajstić information content (AvgIpc) is 2.95. The summed E-state index contributed by atoms with van der Waals surface area (Å²) in [6, 6.07) is 11.0. The summed E-state index contributed by atoms with van der Waals surface area (Å²) in [5.41, 5.74) is 1.20. The molecule has 0 unspecified atom stereocenters. The first kappa shape index (κ1) is 13.8. The molecule has 104 valence electrons. The van der Waals surface area contributed by atoms with Gasteiger partial charge in [0.25, 0.3) is 11.6 Å². The Balaban J connectivity index is 1.93. The summed E-state index contributed by atoms with van der Waals surface area (Å²) in [6.07, 6.45) is 1.20. The smallest absolute Gasteiger partial charge is 0.287 e. The van der Waals surface area contributed by atoms with Crippen molar-refractivity contribution in [3.63, 3.8) is 0 Å². The van der Waals surface area contributed by atoms with Crippen molar-refractivity contribution in [2.24, 2.45) is 0 Å². The van der Waals surface area contributed by atoms with E-state index in [0.717, 1.165) is 5.56 Å². The summed E-state index contributed by atoms with van der Waals surface area (Å²) in [5, 5.41) is 13.3. The van der Waals surface area contributed by atoms with Crippen molar-refractivity contribution >= 4 is 11.6 Å². The van der Waals surface area contributed by atoms with Crippen molar-refractivity contribution in [2.45, 2.75) is 12.8 Å². The number of aromatic amines is 1. The van der Waals surface area contributed by atoms with Gasteiger partial charge in [0, 0.05) is 12.6 Å². The van der Waals surface area contributed by atoms with Crippen LogP contribution >= 0.6 is 0 Å². The Morgan fingerprint density at radius 2 is 2.10 bits per heavy atom. The Kier molecular flexibility index (Phi) is 4.14. The third-order valence-corrected chi connectivity index (χ3v) is 3.06. The third kappa shape index (κ3) is 3.23. The number of nitro groups is 1. The van der Waals surface area contributed by atoms with E-state index in [2.05, 4.69) is 10.3 Å². The molecule has 6 nitrogen and oxygen atoms in total. The van der Waals surface area contributed by atoms with Crippen molar-refractivity contribution in [1.29, 1.82) is 0 Å². The third-order valence-electron chi connectivity index (χ3n) is 3.06. The Labute approximate surface area is 116 Å². The van der Waals surface area contributed by atoms with E-state index in [4.69, 9.17) is 0 Å². The Morgan fingerprint density at radius 1 is 1.40 bits per heavy atom. The molecule has 1 aromatic carbocycles. The molecule has 0 fully saturated rings. The average molecular weight is 273 g/mol. The molecule has 0 spiro atoms.